The van der Waals surface area contributed by atoms with Gasteiger partial charge in [-0.25, -0.2) is 23.7 Å². The third kappa shape index (κ3) is 2.12. The van der Waals surface area contributed by atoms with Gasteiger partial charge in [-0.2, -0.15) is 0 Å². The Labute approximate surface area is 118 Å². The van der Waals surface area contributed by atoms with Crippen LogP contribution in [0, 0.1) is 11.6 Å². The first-order valence-electron chi connectivity index (χ1n) is 5.84. The first kappa shape index (κ1) is 12.9. The summed E-state index contributed by atoms with van der Waals surface area (Å²) in [5, 5.41) is 0. The fraction of sp³-hybridized carbons (Fsp3) is 0.154. The fourth-order valence-corrected chi connectivity index (χ4v) is 2.26. The second kappa shape index (κ2) is 5.13. The summed E-state index contributed by atoms with van der Waals surface area (Å²) in [6, 6.07) is 4.18. The van der Waals surface area contributed by atoms with Gasteiger partial charge in [0, 0.05) is 6.20 Å². The molecule has 20 heavy (non-hydrogen) atoms. The highest BCUT2D eigenvalue weighted by Crippen LogP contribution is 2.23. The topological polar surface area (TPSA) is 43.6 Å². The van der Waals surface area contributed by atoms with Crippen LogP contribution in [0.5, 0.6) is 0 Å². The van der Waals surface area contributed by atoms with E-state index < -0.39 is 11.6 Å². The number of alkyl halides is 1. The molecule has 0 atom stereocenters. The van der Waals surface area contributed by atoms with Gasteiger partial charge < -0.3 is 4.57 Å². The monoisotopic (exact) mass is 294 g/mol. The van der Waals surface area contributed by atoms with Crippen LogP contribution in [0.3, 0.4) is 0 Å². The SMILES string of the molecule is Fc1ccc2nc(CCl)n(Cc3ccncn3)c2c1F. The van der Waals surface area contributed by atoms with Crippen LogP contribution in [0.1, 0.15) is 11.5 Å². The second-order valence-electron chi connectivity index (χ2n) is 4.18. The fourth-order valence-electron chi connectivity index (χ4n) is 2.05. The lowest BCUT2D eigenvalue weighted by Crippen LogP contribution is -2.06. The molecule has 0 spiro atoms. The van der Waals surface area contributed by atoms with Gasteiger partial charge in [-0.3, -0.25) is 0 Å². The molecule has 2 heterocycles. The molecule has 0 saturated heterocycles. The van der Waals surface area contributed by atoms with Crippen molar-refractivity contribution < 1.29 is 8.78 Å². The van der Waals surface area contributed by atoms with E-state index in [0.717, 1.165) is 6.07 Å². The van der Waals surface area contributed by atoms with Crippen molar-refractivity contribution in [1.29, 1.82) is 0 Å². The second-order valence-corrected chi connectivity index (χ2v) is 4.44. The highest BCUT2D eigenvalue weighted by molar-refractivity contribution is 6.16. The summed E-state index contributed by atoms with van der Waals surface area (Å²) in [6.45, 7) is 0.251. The van der Waals surface area contributed by atoms with Crippen LogP contribution in [0.25, 0.3) is 11.0 Å². The first-order chi connectivity index (χ1) is 9.70. The zero-order valence-electron chi connectivity index (χ0n) is 10.2. The molecule has 0 saturated carbocycles. The van der Waals surface area contributed by atoms with Crippen molar-refractivity contribution in [3.8, 4) is 0 Å². The predicted octanol–water partition coefficient (Wildman–Crippen LogP) is 2.89. The molecule has 0 unspecified atom stereocenters. The molecule has 0 bridgehead atoms. The van der Waals surface area contributed by atoms with Gasteiger partial charge in [0.15, 0.2) is 11.6 Å². The van der Waals surface area contributed by atoms with E-state index in [2.05, 4.69) is 15.0 Å². The summed E-state index contributed by atoms with van der Waals surface area (Å²) >= 11 is 5.83. The van der Waals surface area contributed by atoms with Crippen LogP contribution >= 0.6 is 11.6 Å². The van der Waals surface area contributed by atoms with E-state index >= 15 is 0 Å². The van der Waals surface area contributed by atoms with Crippen LogP contribution in [-0.4, -0.2) is 19.5 Å². The number of aromatic nitrogens is 4. The quantitative estimate of drug-likeness (QED) is 0.698. The van der Waals surface area contributed by atoms with Crippen molar-refractivity contribution in [2.24, 2.45) is 0 Å². The molecular formula is C13H9ClF2N4. The molecule has 0 aliphatic rings. The van der Waals surface area contributed by atoms with Crippen molar-refractivity contribution in [3.63, 3.8) is 0 Å². The normalized spacial score (nSPS) is 11.2. The van der Waals surface area contributed by atoms with Crippen molar-refractivity contribution in [2.45, 2.75) is 12.4 Å². The molecule has 0 radical (unpaired) electrons. The van der Waals surface area contributed by atoms with E-state index in [-0.39, 0.29) is 17.9 Å². The number of nitrogens with zero attached hydrogens (tertiary/aromatic N) is 4. The molecule has 0 aliphatic heterocycles. The Morgan fingerprint density at radius 2 is 2.05 bits per heavy atom. The molecule has 7 heteroatoms. The molecule has 3 rings (SSSR count). The zero-order chi connectivity index (χ0) is 14.1. The van der Waals surface area contributed by atoms with Gasteiger partial charge >= 0.3 is 0 Å². The standard InChI is InChI=1S/C13H9ClF2N4/c14-5-11-19-10-2-1-9(15)12(16)13(10)20(11)6-8-3-4-17-7-18-8/h1-4,7H,5-6H2. The molecule has 0 fully saturated rings. The average Bonchev–Trinajstić information content (AvgIpc) is 2.83. The summed E-state index contributed by atoms with van der Waals surface area (Å²) in [5.74, 6) is -1.28. The molecule has 0 aliphatic carbocycles. The maximum absolute atomic E-state index is 14.0. The molecule has 1 aromatic carbocycles. The van der Waals surface area contributed by atoms with Gasteiger partial charge in [-0.15, -0.1) is 11.6 Å². The van der Waals surface area contributed by atoms with Crippen LogP contribution < -0.4 is 0 Å². The van der Waals surface area contributed by atoms with Crippen LogP contribution in [0.15, 0.2) is 30.7 Å². The summed E-state index contributed by atoms with van der Waals surface area (Å²) in [6.07, 6.45) is 2.98. The highest BCUT2D eigenvalue weighted by Gasteiger charge is 2.17. The van der Waals surface area contributed by atoms with E-state index in [1.54, 1.807) is 12.3 Å². The maximum atomic E-state index is 14.0. The number of hydrogen-bond acceptors (Lipinski definition) is 3. The minimum atomic E-state index is -0.930. The predicted molar refractivity (Wildman–Crippen MR) is 70.3 cm³/mol. The Morgan fingerprint density at radius 1 is 1.20 bits per heavy atom. The number of fused-ring (bicyclic) bond motifs is 1. The van der Waals surface area contributed by atoms with Crippen LogP contribution in [-0.2, 0) is 12.4 Å². The van der Waals surface area contributed by atoms with Gasteiger partial charge in [0.05, 0.1) is 23.6 Å². The Morgan fingerprint density at radius 3 is 2.75 bits per heavy atom. The molecule has 3 aromatic rings. The Bertz CT molecular complexity index is 758. The van der Waals surface area contributed by atoms with E-state index in [9.17, 15) is 8.78 Å². The summed E-state index contributed by atoms with van der Waals surface area (Å²) in [4.78, 5) is 12.1. The van der Waals surface area contributed by atoms with Crippen molar-refractivity contribution >= 4 is 22.6 Å². The van der Waals surface area contributed by atoms with Gasteiger partial charge in [0.25, 0.3) is 0 Å². The molecule has 2 aromatic heterocycles. The highest BCUT2D eigenvalue weighted by atomic mass is 35.5. The summed E-state index contributed by atoms with van der Waals surface area (Å²) in [7, 11) is 0. The van der Waals surface area contributed by atoms with Gasteiger partial charge in [0.2, 0.25) is 0 Å². The number of benzene rings is 1. The smallest absolute Gasteiger partial charge is 0.184 e. The van der Waals surface area contributed by atoms with E-state index in [1.165, 1.54) is 17.0 Å². The van der Waals surface area contributed by atoms with Gasteiger partial charge in [-0.1, -0.05) is 0 Å². The van der Waals surface area contributed by atoms with Crippen LogP contribution in [0.2, 0.25) is 0 Å². The lowest BCUT2D eigenvalue weighted by molar-refractivity contribution is 0.511. The van der Waals surface area contributed by atoms with Crippen molar-refractivity contribution in [2.75, 3.05) is 0 Å². The Balaban J connectivity index is 2.19. The lowest BCUT2D eigenvalue weighted by atomic mass is 10.3. The third-order valence-corrected chi connectivity index (χ3v) is 3.20. The largest absolute Gasteiger partial charge is 0.318 e. The molecule has 0 N–H and O–H groups in total. The van der Waals surface area contributed by atoms with E-state index in [0.29, 0.717) is 17.0 Å². The number of hydrogen-bond donors (Lipinski definition) is 0. The minimum Gasteiger partial charge on any atom is -0.318 e. The first-order valence-corrected chi connectivity index (χ1v) is 6.38. The van der Waals surface area contributed by atoms with Crippen molar-refractivity contribution in [1.82, 2.24) is 19.5 Å². The molecule has 4 nitrogen and oxygen atoms in total. The van der Waals surface area contributed by atoms with Gasteiger partial charge in [0.1, 0.15) is 17.7 Å². The zero-order valence-corrected chi connectivity index (χ0v) is 11.0. The summed E-state index contributed by atoms with van der Waals surface area (Å²) in [5.41, 5.74) is 1.13. The molecule has 0 amide bonds. The summed E-state index contributed by atoms with van der Waals surface area (Å²) < 4.78 is 28.9. The average molecular weight is 295 g/mol. The maximum Gasteiger partial charge on any atom is 0.184 e. The van der Waals surface area contributed by atoms with E-state index in [1.807, 2.05) is 0 Å². The van der Waals surface area contributed by atoms with Crippen molar-refractivity contribution in [3.05, 3.63) is 53.9 Å². The number of imidazole rings is 1. The van der Waals surface area contributed by atoms with Gasteiger partial charge in [-0.05, 0) is 18.2 Å². The Hall–Kier alpha value is -2.08. The third-order valence-electron chi connectivity index (χ3n) is 2.96. The molecule has 102 valence electrons. The van der Waals surface area contributed by atoms with Crippen LogP contribution in [0.4, 0.5) is 8.78 Å². The number of halogens is 3. The minimum absolute atomic E-state index is 0.0965. The Kier molecular flexibility index (Phi) is 3.31. The number of rotatable bonds is 3. The van der Waals surface area contributed by atoms with E-state index in [4.69, 9.17) is 11.6 Å². The molecular weight excluding hydrogens is 286 g/mol. The lowest BCUT2D eigenvalue weighted by Gasteiger charge is -2.07.